The molecule has 24 heavy (non-hydrogen) atoms. The van der Waals surface area contributed by atoms with Gasteiger partial charge < -0.3 is 20.1 Å². The largest absolute Gasteiger partial charge is 0.494 e. The molecule has 0 saturated heterocycles. The molecule has 1 amide bonds. The van der Waals surface area contributed by atoms with E-state index >= 15 is 0 Å². The standard InChI is InChI=1S/C18H27FN2O3/c1-18(2,3)24-17(22)21-14-8-6-13(7-9-14)20-15-10-5-12(19)11-16(15)23-4/h5,10-11,13-14,20H,6-9H2,1-4H3,(H,21,22). The lowest BCUT2D eigenvalue weighted by molar-refractivity contribution is 0.0492. The third-order valence-corrected chi connectivity index (χ3v) is 3.97. The molecule has 0 bridgehead atoms. The van der Waals surface area contributed by atoms with Crippen LogP contribution in [0.4, 0.5) is 14.9 Å². The lowest BCUT2D eigenvalue weighted by atomic mass is 9.91. The number of methoxy groups -OCH3 is 1. The first kappa shape index (κ1) is 18.4. The molecule has 1 aromatic rings. The highest BCUT2D eigenvalue weighted by atomic mass is 19.1. The summed E-state index contributed by atoms with van der Waals surface area (Å²) in [7, 11) is 1.53. The molecule has 6 heteroatoms. The van der Waals surface area contributed by atoms with E-state index in [0.29, 0.717) is 5.75 Å². The van der Waals surface area contributed by atoms with E-state index in [4.69, 9.17) is 9.47 Å². The summed E-state index contributed by atoms with van der Waals surface area (Å²) in [6.45, 7) is 5.55. The number of alkyl carbamates (subject to hydrolysis) is 1. The fourth-order valence-corrected chi connectivity index (χ4v) is 2.86. The highest BCUT2D eigenvalue weighted by Crippen LogP contribution is 2.29. The number of rotatable bonds is 4. The molecular formula is C18H27FN2O3. The highest BCUT2D eigenvalue weighted by molar-refractivity contribution is 5.68. The zero-order valence-electron chi connectivity index (χ0n) is 14.8. The van der Waals surface area contributed by atoms with E-state index in [9.17, 15) is 9.18 Å². The predicted octanol–water partition coefficient (Wildman–Crippen LogP) is 4.08. The minimum absolute atomic E-state index is 0.132. The second-order valence-electron chi connectivity index (χ2n) is 7.18. The van der Waals surface area contributed by atoms with E-state index in [2.05, 4.69) is 10.6 Å². The maximum absolute atomic E-state index is 13.2. The second-order valence-corrected chi connectivity index (χ2v) is 7.18. The normalized spacial score (nSPS) is 21.0. The van der Waals surface area contributed by atoms with Gasteiger partial charge in [0.25, 0.3) is 0 Å². The summed E-state index contributed by atoms with van der Waals surface area (Å²) in [4.78, 5) is 11.8. The summed E-state index contributed by atoms with van der Waals surface area (Å²) < 4.78 is 23.7. The van der Waals surface area contributed by atoms with Crippen molar-refractivity contribution < 1.29 is 18.7 Å². The van der Waals surface area contributed by atoms with Gasteiger partial charge in [-0.25, -0.2) is 9.18 Å². The van der Waals surface area contributed by atoms with Crippen molar-refractivity contribution in [2.24, 2.45) is 0 Å². The number of carbonyl (C=O) groups is 1. The van der Waals surface area contributed by atoms with Gasteiger partial charge in [0.05, 0.1) is 12.8 Å². The SMILES string of the molecule is COc1cc(F)ccc1NC1CCC(NC(=O)OC(C)(C)C)CC1. The number of anilines is 1. The van der Waals surface area contributed by atoms with Gasteiger partial charge in [0, 0.05) is 18.2 Å². The van der Waals surface area contributed by atoms with Crippen LogP contribution in [0.2, 0.25) is 0 Å². The fraction of sp³-hybridized carbons (Fsp3) is 0.611. The van der Waals surface area contributed by atoms with Crippen molar-refractivity contribution in [3.05, 3.63) is 24.0 Å². The number of amides is 1. The molecule has 0 atom stereocenters. The Morgan fingerprint density at radius 2 is 1.79 bits per heavy atom. The Labute approximate surface area is 142 Å². The number of hydrogen-bond donors (Lipinski definition) is 2. The summed E-state index contributed by atoms with van der Waals surface area (Å²) >= 11 is 0. The second kappa shape index (κ2) is 7.73. The third-order valence-electron chi connectivity index (χ3n) is 3.97. The molecule has 1 aromatic carbocycles. The summed E-state index contributed by atoms with van der Waals surface area (Å²) in [5, 5.41) is 6.33. The van der Waals surface area contributed by atoms with Crippen molar-refractivity contribution in [1.29, 1.82) is 0 Å². The molecule has 1 saturated carbocycles. The number of carbonyl (C=O) groups excluding carboxylic acids is 1. The van der Waals surface area contributed by atoms with Gasteiger partial charge in [-0.05, 0) is 58.6 Å². The van der Waals surface area contributed by atoms with Crippen molar-refractivity contribution in [2.75, 3.05) is 12.4 Å². The number of ether oxygens (including phenoxy) is 2. The topological polar surface area (TPSA) is 59.6 Å². The van der Waals surface area contributed by atoms with Crippen molar-refractivity contribution in [2.45, 2.75) is 64.1 Å². The predicted molar refractivity (Wildman–Crippen MR) is 92.0 cm³/mol. The molecular weight excluding hydrogens is 311 g/mol. The number of benzene rings is 1. The molecule has 0 heterocycles. The number of halogens is 1. The maximum Gasteiger partial charge on any atom is 0.407 e. The average molecular weight is 338 g/mol. The summed E-state index contributed by atoms with van der Waals surface area (Å²) in [6.07, 6.45) is 3.22. The molecule has 134 valence electrons. The molecule has 1 aliphatic carbocycles. The zero-order valence-corrected chi connectivity index (χ0v) is 14.8. The van der Waals surface area contributed by atoms with Gasteiger partial charge in [-0.2, -0.15) is 0 Å². The van der Waals surface area contributed by atoms with Crippen LogP contribution in [0.3, 0.4) is 0 Å². The van der Waals surface area contributed by atoms with Gasteiger partial charge in [-0.15, -0.1) is 0 Å². The molecule has 0 aliphatic heterocycles. The van der Waals surface area contributed by atoms with E-state index in [-0.39, 0.29) is 24.0 Å². The lowest BCUT2D eigenvalue weighted by Crippen LogP contribution is -2.42. The Morgan fingerprint density at radius 1 is 1.17 bits per heavy atom. The van der Waals surface area contributed by atoms with Gasteiger partial charge in [0.1, 0.15) is 17.2 Å². The molecule has 0 unspecified atom stereocenters. The van der Waals surface area contributed by atoms with Crippen molar-refractivity contribution in [3.8, 4) is 5.75 Å². The molecule has 2 N–H and O–H groups in total. The molecule has 1 fully saturated rings. The Hall–Kier alpha value is -1.98. The third kappa shape index (κ3) is 5.58. The Morgan fingerprint density at radius 3 is 2.38 bits per heavy atom. The number of nitrogens with one attached hydrogen (secondary N) is 2. The van der Waals surface area contributed by atoms with Crippen LogP contribution in [0.25, 0.3) is 0 Å². The van der Waals surface area contributed by atoms with Gasteiger partial charge in [0.15, 0.2) is 0 Å². The zero-order chi connectivity index (χ0) is 17.7. The highest BCUT2D eigenvalue weighted by Gasteiger charge is 2.25. The quantitative estimate of drug-likeness (QED) is 0.868. The van der Waals surface area contributed by atoms with Crippen LogP contribution in [0.15, 0.2) is 18.2 Å². The molecule has 5 nitrogen and oxygen atoms in total. The number of hydrogen-bond acceptors (Lipinski definition) is 4. The minimum Gasteiger partial charge on any atom is -0.494 e. The molecule has 0 aromatic heterocycles. The first-order valence-corrected chi connectivity index (χ1v) is 8.36. The van der Waals surface area contributed by atoms with Crippen LogP contribution in [-0.4, -0.2) is 30.9 Å². The van der Waals surface area contributed by atoms with Crippen molar-refractivity contribution >= 4 is 11.8 Å². The van der Waals surface area contributed by atoms with Gasteiger partial charge >= 0.3 is 6.09 Å². The van der Waals surface area contributed by atoms with Crippen LogP contribution in [-0.2, 0) is 4.74 Å². The minimum atomic E-state index is -0.484. The lowest BCUT2D eigenvalue weighted by Gasteiger charge is -2.31. The fourth-order valence-electron chi connectivity index (χ4n) is 2.86. The van der Waals surface area contributed by atoms with E-state index in [0.717, 1.165) is 31.4 Å². The first-order chi connectivity index (χ1) is 11.3. The van der Waals surface area contributed by atoms with Crippen molar-refractivity contribution in [3.63, 3.8) is 0 Å². The van der Waals surface area contributed by atoms with Crippen LogP contribution >= 0.6 is 0 Å². The van der Waals surface area contributed by atoms with Crippen LogP contribution in [0.5, 0.6) is 5.75 Å². The Bertz CT molecular complexity index is 564. The van der Waals surface area contributed by atoms with E-state index in [1.165, 1.54) is 19.2 Å². The summed E-state index contributed by atoms with van der Waals surface area (Å²) in [5.74, 6) is 0.187. The molecule has 2 rings (SSSR count). The Balaban J connectivity index is 1.82. The molecule has 0 radical (unpaired) electrons. The van der Waals surface area contributed by atoms with E-state index in [1.54, 1.807) is 6.07 Å². The van der Waals surface area contributed by atoms with Gasteiger partial charge in [0.2, 0.25) is 0 Å². The van der Waals surface area contributed by atoms with Crippen LogP contribution in [0, 0.1) is 5.82 Å². The molecule has 1 aliphatic rings. The van der Waals surface area contributed by atoms with E-state index in [1.807, 2.05) is 20.8 Å². The first-order valence-electron chi connectivity index (χ1n) is 8.36. The van der Waals surface area contributed by atoms with Crippen molar-refractivity contribution in [1.82, 2.24) is 5.32 Å². The average Bonchev–Trinajstić information content (AvgIpc) is 2.49. The van der Waals surface area contributed by atoms with Gasteiger partial charge in [-0.3, -0.25) is 0 Å². The van der Waals surface area contributed by atoms with Crippen LogP contribution in [0.1, 0.15) is 46.5 Å². The Kier molecular flexibility index (Phi) is 5.91. The van der Waals surface area contributed by atoms with E-state index < -0.39 is 5.60 Å². The van der Waals surface area contributed by atoms with Gasteiger partial charge in [-0.1, -0.05) is 0 Å². The monoisotopic (exact) mass is 338 g/mol. The summed E-state index contributed by atoms with van der Waals surface area (Å²) in [5.41, 5.74) is 0.310. The van der Waals surface area contributed by atoms with Crippen LogP contribution < -0.4 is 15.4 Å². The smallest absolute Gasteiger partial charge is 0.407 e. The summed E-state index contributed by atoms with van der Waals surface area (Å²) in [6, 6.07) is 4.90. The maximum atomic E-state index is 13.2. The molecule has 0 spiro atoms.